The molecular weight excluding hydrogens is 334 g/mol. The third kappa shape index (κ3) is 3.33. The first-order chi connectivity index (χ1) is 12.3. The van der Waals surface area contributed by atoms with Gasteiger partial charge in [-0.2, -0.15) is 5.06 Å². The van der Waals surface area contributed by atoms with Gasteiger partial charge in [0, 0.05) is 37.3 Å². The van der Waals surface area contributed by atoms with Crippen molar-refractivity contribution in [3.05, 3.63) is 71.4 Å². The van der Waals surface area contributed by atoms with Crippen molar-refractivity contribution in [2.45, 2.75) is 24.6 Å². The molecular formula is C19H21N3O2S. The predicted octanol–water partition coefficient (Wildman–Crippen LogP) is 3.55. The summed E-state index contributed by atoms with van der Waals surface area (Å²) in [6, 6.07) is 14.2. The fourth-order valence-corrected chi connectivity index (χ4v) is 4.34. The Balaban J connectivity index is 1.53. The molecule has 0 bridgehead atoms. The summed E-state index contributed by atoms with van der Waals surface area (Å²) in [5, 5.41) is 4.12. The molecule has 6 heteroatoms. The van der Waals surface area contributed by atoms with Crippen LogP contribution < -0.4 is 4.74 Å². The number of imidazole rings is 1. The molecule has 1 saturated heterocycles. The molecule has 0 aliphatic carbocycles. The Bertz CT molecular complexity index is 776. The van der Waals surface area contributed by atoms with E-state index in [-0.39, 0.29) is 11.6 Å². The van der Waals surface area contributed by atoms with Gasteiger partial charge in [-0.1, -0.05) is 24.3 Å². The molecule has 1 aliphatic rings. The second kappa shape index (κ2) is 7.00. The Labute approximate surface area is 151 Å². The van der Waals surface area contributed by atoms with Gasteiger partial charge in [-0.3, -0.25) is 4.84 Å². The van der Waals surface area contributed by atoms with Crippen LogP contribution >= 0.6 is 11.3 Å². The third-order valence-corrected chi connectivity index (χ3v) is 5.70. The van der Waals surface area contributed by atoms with Crippen LogP contribution in [0.3, 0.4) is 0 Å². The summed E-state index contributed by atoms with van der Waals surface area (Å²) in [5.74, 6) is 0.872. The van der Waals surface area contributed by atoms with Crippen LogP contribution in [0.1, 0.15) is 11.3 Å². The van der Waals surface area contributed by atoms with E-state index in [1.54, 1.807) is 11.3 Å². The van der Waals surface area contributed by atoms with Crippen LogP contribution in [0, 0.1) is 0 Å². The summed E-state index contributed by atoms with van der Waals surface area (Å²) in [7, 11) is 2.01. The molecule has 3 aromatic rings. The van der Waals surface area contributed by atoms with Gasteiger partial charge in [-0.25, -0.2) is 4.98 Å². The van der Waals surface area contributed by atoms with Crippen molar-refractivity contribution in [1.82, 2.24) is 14.6 Å². The minimum absolute atomic E-state index is 0.0100. The van der Waals surface area contributed by atoms with E-state index >= 15 is 0 Å². The lowest BCUT2D eigenvalue weighted by molar-refractivity contribution is -0.178. The average molecular weight is 355 g/mol. The fraction of sp³-hybridized carbons (Fsp3) is 0.316. The first-order valence-electron chi connectivity index (χ1n) is 8.34. The standard InChI is InChI=1S/C19H21N3O2S/c1-21-19(18-8-5-11-25-18,14-22-10-9-20-15-22)12-17(24-21)13-23-16-6-3-2-4-7-16/h2-11,15,17H,12-14H2,1H3. The summed E-state index contributed by atoms with van der Waals surface area (Å²) in [6.45, 7) is 1.33. The van der Waals surface area contributed by atoms with Crippen LogP contribution in [-0.2, 0) is 16.9 Å². The molecule has 1 fully saturated rings. The van der Waals surface area contributed by atoms with Gasteiger partial charge in [-0.15, -0.1) is 11.3 Å². The number of nitrogens with zero attached hydrogens (tertiary/aromatic N) is 3. The maximum atomic E-state index is 6.15. The molecule has 0 N–H and O–H groups in total. The Morgan fingerprint density at radius 2 is 2.16 bits per heavy atom. The minimum atomic E-state index is -0.209. The van der Waals surface area contributed by atoms with Gasteiger partial charge in [-0.05, 0) is 23.6 Å². The zero-order valence-corrected chi connectivity index (χ0v) is 14.9. The van der Waals surface area contributed by atoms with Crippen LogP contribution in [0.5, 0.6) is 5.75 Å². The zero-order chi connectivity index (χ0) is 17.1. The number of likely N-dealkylation sites (N-methyl/N-ethyl adjacent to an activating group) is 1. The smallest absolute Gasteiger partial charge is 0.119 e. The predicted molar refractivity (Wildman–Crippen MR) is 97.4 cm³/mol. The van der Waals surface area contributed by atoms with Gasteiger partial charge < -0.3 is 9.30 Å². The van der Waals surface area contributed by atoms with Gasteiger partial charge in [0.25, 0.3) is 0 Å². The fourth-order valence-electron chi connectivity index (χ4n) is 3.39. The van der Waals surface area contributed by atoms with E-state index in [2.05, 4.69) is 27.1 Å². The first kappa shape index (κ1) is 16.3. The van der Waals surface area contributed by atoms with Gasteiger partial charge in [0.2, 0.25) is 0 Å². The molecule has 0 saturated carbocycles. The van der Waals surface area contributed by atoms with E-state index in [0.29, 0.717) is 6.61 Å². The van der Waals surface area contributed by atoms with Crippen molar-refractivity contribution in [3.63, 3.8) is 0 Å². The zero-order valence-electron chi connectivity index (χ0n) is 14.1. The molecule has 130 valence electrons. The Morgan fingerprint density at radius 3 is 2.88 bits per heavy atom. The van der Waals surface area contributed by atoms with E-state index in [1.165, 1.54) is 4.88 Å². The van der Waals surface area contributed by atoms with E-state index in [9.17, 15) is 0 Å². The van der Waals surface area contributed by atoms with Crippen LogP contribution in [0.4, 0.5) is 0 Å². The Kier molecular flexibility index (Phi) is 4.57. The molecule has 2 atom stereocenters. The van der Waals surface area contributed by atoms with Crippen molar-refractivity contribution < 1.29 is 9.57 Å². The minimum Gasteiger partial charge on any atom is -0.491 e. The molecule has 2 aromatic heterocycles. The number of benzene rings is 1. The SMILES string of the molecule is CN1OC(COc2ccccc2)CC1(Cn1ccnc1)c1cccs1. The number of para-hydroxylation sites is 1. The first-order valence-corrected chi connectivity index (χ1v) is 9.22. The van der Waals surface area contributed by atoms with Crippen molar-refractivity contribution in [3.8, 4) is 5.75 Å². The third-order valence-electron chi connectivity index (χ3n) is 4.64. The van der Waals surface area contributed by atoms with Crippen LogP contribution in [0.2, 0.25) is 0 Å². The van der Waals surface area contributed by atoms with Crippen LogP contribution in [0.15, 0.2) is 66.6 Å². The summed E-state index contributed by atoms with van der Waals surface area (Å²) in [5.41, 5.74) is -0.209. The number of hydrogen-bond donors (Lipinski definition) is 0. The van der Waals surface area contributed by atoms with Gasteiger partial charge in [0.05, 0.1) is 6.33 Å². The number of thiophene rings is 1. The monoisotopic (exact) mass is 355 g/mol. The number of hydroxylamine groups is 2. The number of aromatic nitrogens is 2. The van der Waals surface area contributed by atoms with E-state index < -0.39 is 0 Å². The van der Waals surface area contributed by atoms with Crippen molar-refractivity contribution in [2.75, 3.05) is 13.7 Å². The lowest BCUT2D eigenvalue weighted by Crippen LogP contribution is -2.40. The molecule has 0 spiro atoms. The Hall–Kier alpha value is -2.15. The summed E-state index contributed by atoms with van der Waals surface area (Å²) < 4.78 is 8.03. The van der Waals surface area contributed by atoms with E-state index in [1.807, 2.05) is 61.2 Å². The second-order valence-corrected chi connectivity index (χ2v) is 7.24. The van der Waals surface area contributed by atoms with E-state index in [4.69, 9.17) is 9.57 Å². The highest BCUT2D eigenvalue weighted by Crippen LogP contribution is 2.43. The summed E-state index contributed by atoms with van der Waals surface area (Å²) in [4.78, 5) is 11.6. The van der Waals surface area contributed by atoms with Gasteiger partial charge in [0.1, 0.15) is 24.0 Å². The molecule has 0 radical (unpaired) electrons. The lowest BCUT2D eigenvalue weighted by Gasteiger charge is -2.33. The highest BCUT2D eigenvalue weighted by atomic mass is 32.1. The summed E-state index contributed by atoms with van der Waals surface area (Å²) >= 11 is 1.76. The highest BCUT2D eigenvalue weighted by molar-refractivity contribution is 7.10. The topological polar surface area (TPSA) is 39.5 Å². The molecule has 1 aliphatic heterocycles. The molecule has 5 nitrogen and oxygen atoms in total. The normalized spacial score (nSPS) is 23.8. The molecule has 4 rings (SSSR count). The molecule has 1 aromatic carbocycles. The molecule has 0 amide bonds. The quantitative estimate of drug-likeness (QED) is 0.678. The van der Waals surface area contributed by atoms with E-state index in [0.717, 1.165) is 18.7 Å². The molecule has 3 heterocycles. The molecule has 25 heavy (non-hydrogen) atoms. The van der Waals surface area contributed by atoms with Crippen molar-refractivity contribution in [1.29, 1.82) is 0 Å². The van der Waals surface area contributed by atoms with Crippen LogP contribution in [-0.4, -0.2) is 34.4 Å². The maximum Gasteiger partial charge on any atom is 0.119 e. The number of ether oxygens (including phenoxy) is 1. The number of hydrogen-bond acceptors (Lipinski definition) is 5. The van der Waals surface area contributed by atoms with Crippen molar-refractivity contribution >= 4 is 11.3 Å². The van der Waals surface area contributed by atoms with Gasteiger partial charge >= 0.3 is 0 Å². The maximum absolute atomic E-state index is 6.15. The largest absolute Gasteiger partial charge is 0.491 e. The Morgan fingerprint density at radius 1 is 1.28 bits per heavy atom. The van der Waals surface area contributed by atoms with Crippen LogP contribution in [0.25, 0.3) is 0 Å². The van der Waals surface area contributed by atoms with Crippen molar-refractivity contribution in [2.24, 2.45) is 0 Å². The summed E-state index contributed by atoms with van der Waals surface area (Å²) in [6.07, 6.45) is 6.55. The molecule has 2 unspecified atom stereocenters. The highest BCUT2D eigenvalue weighted by Gasteiger charge is 2.47. The lowest BCUT2D eigenvalue weighted by atomic mass is 9.91. The average Bonchev–Trinajstić information content (AvgIpc) is 3.37. The second-order valence-electron chi connectivity index (χ2n) is 6.30. The number of rotatable bonds is 6. The van der Waals surface area contributed by atoms with Gasteiger partial charge in [0.15, 0.2) is 0 Å².